The Hall–Kier alpha value is -3.06. The molecule has 0 aliphatic rings. The highest BCUT2D eigenvalue weighted by atomic mass is 32.2. The Labute approximate surface area is 175 Å². The molecular weight excluding hydrogens is 384 g/mol. The summed E-state index contributed by atoms with van der Waals surface area (Å²) in [5, 5.41) is 12.0. The van der Waals surface area contributed by atoms with Gasteiger partial charge in [0, 0.05) is 18.7 Å². The molecule has 2 aromatic carbocycles. The molecule has 1 unspecified atom stereocenters. The Kier molecular flexibility index (Phi) is 7.08. The SMILES string of the molecule is C=CCn1c(SC(C)C(=O)NCc2ccc(OC)cc2)nnc1-c1ccccc1. The number of hydrogen-bond acceptors (Lipinski definition) is 5. The van der Waals surface area contributed by atoms with Crippen molar-refractivity contribution in [1.29, 1.82) is 0 Å². The first-order valence-electron chi connectivity index (χ1n) is 9.29. The molecule has 3 rings (SSSR count). The summed E-state index contributed by atoms with van der Waals surface area (Å²) in [6, 6.07) is 17.5. The summed E-state index contributed by atoms with van der Waals surface area (Å²) in [4.78, 5) is 12.6. The number of ether oxygens (including phenoxy) is 1. The number of rotatable bonds is 9. The van der Waals surface area contributed by atoms with Gasteiger partial charge in [0.1, 0.15) is 5.75 Å². The highest BCUT2D eigenvalue weighted by Crippen LogP contribution is 2.27. The van der Waals surface area contributed by atoms with E-state index in [-0.39, 0.29) is 11.2 Å². The summed E-state index contributed by atoms with van der Waals surface area (Å²) in [5.41, 5.74) is 1.99. The lowest BCUT2D eigenvalue weighted by molar-refractivity contribution is -0.120. The van der Waals surface area contributed by atoms with E-state index in [9.17, 15) is 4.79 Å². The molecular formula is C22H24N4O2S. The number of nitrogens with one attached hydrogen (secondary N) is 1. The molecule has 6 nitrogen and oxygen atoms in total. The number of methoxy groups -OCH3 is 1. The van der Waals surface area contributed by atoms with Gasteiger partial charge in [-0.1, -0.05) is 60.3 Å². The minimum absolute atomic E-state index is 0.0553. The Morgan fingerprint density at radius 2 is 1.93 bits per heavy atom. The quantitative estimate of drug-likeness (QED) is 0.429. The summed E-state index contributed by atoms with van der Waals surface area (Å²) in [5.74, 6) is 1.50. The monoisotopic (exact) mass is 408 g/mol. The molecule has 1 atom stereocenters. The van der Waals surface area contributed by atoms with Crippen LogP contribution in [0.2, 0.25) is 0 Å². The third kappa shape index (κ3) is 5.26. The highest BCUT2D eigenvalue weighted by Gasteiger charge is 2.20. The highest BCUT2D eigenvalue weighted by molar-refractivity contribution is 8.00. The van der Waals surface area contributed by atoms with Gasteiger partial charge in [-0.15, -0.1) is 16.8 Å². The topological polar surface area (TPSA) is 69.0 Å². The molecule has 1 N–H and O–H groups in total. The van der Waals surface area contributed by atoms with Crippen LogP contribution < -0.4 is 10.1 Å². The van der Waals surface area contributed by atoms with Crippen LogP contribution >= 0.6 is 11.8 Å². The predicted octanol–water partition coefficient (Wildman–Crippen LogP) is 3.94. The fraction of sp³-hybridized carbons (Fsp3) is 0.227. The predicted molar refractivity (Wildman–Crippen MR) is 116 cm³/mol. The number of carbonyl (C=O) groups excluding carboxylic acids is 1. The number of aromatic nitrogens is 3. The largest absolute Gasteiger partial charge is 0.497 e. The fourth-order valence-electron chi connectivity index (χ4n) is 2.76. The zero-order chi connectivity index (χ0) is 20.6. The second kappa shape index (κ2) is 9.93. The van der Waals surface area contributed by atoms with Gasteiger partial charge in [0.25, 0.3) is 0 Å². The van der Waals surface area contributed by atoms with Crippen molar-refractivity contribution in [3.8, 4) is 17.1 Å². The van der Waals surface area contributed by atoms with Crippen LogP contribution in [0.25, 0.3) is 11.4 Å². The molecule has 1 amide bonds. The number of benzene rings is 2. The van der Waals surface area contributed by atoms with Crippen LogP contribution in [0.1, 0.15) is 12.5 Å². The first kappa shape index (κ1) is 20.7. The van der Waals surface area contributed by atoms with Crippen LogP contribution in [0.3, 0.4) is 0 Å². The zero-order valence-corrected chi connectivity index (χ0v) is 17.4. The van der Waals surface area contributed by atoms with Crippen molar-refractivity contribution in [2.75, 3.05) is 7.11 Å². The minimum atomic E-state index is -0.315. The van der Waals surface area contributed by atoms with Crippen molar-refractivity contribution < 1.29 is 9.53 Å². The van der Waals surface area contributed by atoms with Gasteiger partial charge in [0.2, 0.25) is 5.91 Å². The Morgan fingerprint density at radius 1 is 1.21 bits per heavy atom. The van der Waals surface area contributed by atoms with E-state index in [4.69, 9.17) is 4.74 Å². The van der Waals surface area contributed by atoms with Crippen LogP contribution in [0, 0.1) is 0 Å². The van der Waals surface area contributed by atoms with E-state index in [1.807, 2.05) is 66.1 Å². The standard InChI is InChI=1S/C22H24N4O2S/c1-4-14-26-20(18-8-6-5-7-9-18)24-25-22(26)29-16(2)21(27)23-15-17-10-12-19(28-3)13-11-17/h4-13,16H,1,14-15H2,2-3H3,(H,23,27). The maximum absolute atomic E-state index is 12.6. The van der Waals surface area contributed by atoms with Gasteiger partial charge in [-0.2, -0.15) is 0 Å². The van der Waals surface area contributed by atoms with Gasteiger partial charge in [-0.3, -0.25) is 9.36 Å². The average Bonchev–Trinajstić information content (AvgIpc) is 3.15. The Balaban J connectivity index is 1.66. The number of amides is 1. The molecule has 1 aromatic heterocycles. The summed E-state index contributed by atoms with van der Waals surface area (Å²) < 4.78 is 7.12. The van der Waals surface area contributed by atoms with Crippen molar-refractivity contribution in [2.24, 2.45) is 0 Å². The molecule has 0 radical (unpaired) electrons. The van der Waals surface area contributed by atoms with Crippen molar-refractivity contribution >= 4 is 17.7 Å². The van der Waals surface area contributed by atoms with Crippen LogP contribution in [-0.4, -0.2) is 33.0 Å². The lowest BCUT2D eigenvalue weighted by Gasteiger charge is -2.13. The number of thioether (sulfide) groups is 1. The minimum Gasteiger partial charge on any atom is -0.497 e. The first-order valence-corrected chi connectivity index (χ1v) is 10.2. The lowest BCUT2D eigenvalue weighted by atomic mass is 10.2. The van der Waals surface area contributed by atoms with Gasteiger partial charge in [0.15, 0.2) is 11.0 Å². The molecule has 0 fully saturated rings. The van der Waals surface area contributed by atoms with Crippen molar-refractivity contribution in [3.05, 3.63) is 72.8 Å². The van der Waals surface area contributed by atoms with E-state index in [2.05, 4.69) is 22.1 Å². The number of carbonyl (C=O) groups is 1. The summed E-state index contributed by atoms with van der Waals surface area (Å²) >= 11 is 1.38. The van der Waals surface area contributed by atoms with Crippen molar-refractivity contribution in [1.82, 2.24) is 20.1 Å². The molecule has 0 aliphatic heterocycles. The van der Waals surface area contributed by atoms with E-state index >= 15 is 0 Å². The number of hydrogen-bond donors (Lipinski definition) is 1. The van der Waals surface area contributed by atoms with E-state index in [0.717, 1.165) is 22.7 Å². The average molecular weight is 409 g/mol. The molecule has 0 saturated heterocycles. The summed E-state index contributed by atoms with van der Waals surface area (Å²) in [7, 11) is 1.63. The lowest BCUT2D eigenvalue weighted by Crippen LogP contribution is -2.30. The van der Waals surface area contributed by atoms with Crippen LogP contribution in [0.4, 0.5) is 0 Å². The number of allylic oxidation sites excluding steroid dienone is 1. The van der Waals surface area contributed by atoms with E-state index in [0.29, 0.717) is 18.2 Å². The third-order valence-electron chi connectivity index (χ3n) is 4.34. The molecule has 150 valence electrons. The first-order chi connectivity index (χ1) is 14.1. The fourth-order valence-corrected chi connectivity index (χ4v) is 3.64. The van der Waals surface area contributed by atoms with E-state index in [1.165, 1.54) is 11.8 Å². The molecule has 0 bridgehead atoms. The van der Waals surface area contributed by atoms with Gasteiger partial charge in [-0.25, -0.2) is 0 Å². The third-order valence-corrected chi connectivity index (χ3v) is 5.42. The second-order valence-corrected chi connectivity index (χ2v) is 7.71. The van der Waals surface area contributed by atoms with Crippen molar-refractivity contribution in [3.63, 3.8) is 0 Å². The maximum atomic E-state index is 12.6. The molecule has 0 saturated carbocycles. The van der Waals surface area contributed by atoms with E-state index in [1.54, 1.807) is 13.2 Å². The molecule has 1 heterocycles. The van der Waals surface area contributed by atoms with Gasteiger partial charge in [-0.05, 0) is 24.6 Å². The summed E-state index contributed by atoms with van der Waals surface area (Å²) in [6.07, 6.45) is 1.80. The second-order valence-electron chi connectivity index (χ2n) is 6.40. The van der Waals surface area contributed by atoms with Crippen LogP contribution in [0.5, 0.6) is 5.75 Å². The van der Waals surface area contributed by atoms with Crippen LogP contribution in [-0.2, 0) is 17.9 Å². The molecule has 29 heavy (non-hydrogen) atoms. The Morgan fingerprint density at radius 3 is 2.59 bits per heavy atom. The number of nitrogens with zero attached hydrogens (tertiary/aromatic N) is 3. The Bertz CT molecular complexity index is 955. The smallest absolute Gasteiger partial charge is 0.233 e. The van der Waals surface area contributed by atoms with Gasteiger partial charge < -0.3 is 10.1 Å². The molecule has 0 aliphatic carbocycles. The maximum Gasteiger partial charge on any atom is 0.233 e. The normalized spacial score (nSPS) is 11.7. The van der Waals surface area contributed by atoms with Crippen molar-refractivity contribution in [2.45, 2.75) is 30.4 Å². The molecule has 0 spiro atoms. The van der Waals surface area contributed by atoms with Gasteiger partial charge >= 0.3 is 0 Å². The zero-order valence-electron chi connectivity index (χ0n) is 16.5. The van der Waals surface area contributed by atoms with Gasteiger partial charge in [0.05, 0.1) is 12.4 Å². The molecule has 3 aromatic rings. The van der Waals surface area contributed by atoms with Crippen LogP contribution in [0.15, 0.2) is 72.4 Å². The van der Waals surface area contributed by atoms with E-state index < -0.39 is 0 Å². The summed E-state index contributed by atoms with van der Waals surface area (Å²) in [6.45, 7) is 6.72. The molecule has 7 heteroatoms.